The minimum atomic E-state index is -9.17. The Hall–Kier alpha value is -3.42. The van der Waals surface area contributed by atoms with E-state index in [1.54, 1.807) is 0 Å². The number of halogens is 34. The zero-order chi connectivity index (χ0) is 55.1. The second-order valence-corrected chi connectivity index (χ2v) is 15.1. The first-order valence-electron chi connectivity index (χ1n) is 17.4. The van der Waals surface area contributed by atoms with Crippen LogP contribution in [-0.4, -0.2) is 95.3 Å². The van der Waals surface area contributed by atoms with Gasteiger partial charge in [-0.15, -0.1) is 26.3 Å². The summed E-state index contributed by atoms with van der Waals surface area (Å²) in [6.07, 6.45) is -15.9. The molecule has 2 aliphatic rings. The quantitative estimate of drug-likeness (QED) is 0.0948. The third kappa shape index (κ3) is 8.55. The van der Waals surface area contributed by atoms with Crippen molar-refractivity contribution in [1.82, 2.24) is 0 Å². The molecular formula is C34H26F34. The van der Waals surface area contributed by atoms with Gasteiger partial charge in [0.15, 0.2) is 0 Å². The lowest BCUT2D eigenvalue weighted by Crippen LogP contribution is -2.77. The Kier molecular flexibility index (Phi) is 16.3. The number of allylic oxidation sites excluding steroid dienone is 4. The van der Waals surface area contributed by atoms with Gasteiger partial charge in [-0.1, -0.05) is 24.3 Å². The molecule has 68 heavy (non-hydrogen) atoms. The molecule has 2 saturated carbocycles. The molecule has 0 saturated heterocycles. The van der Waals surface area contributed by atoms with Crippen LogP contribution in [0.25, 0.3) is 0 Å². The van der Waals surface area contributed by atoms with Gasteiger partial charge in [-0.05, 0) is 49.4 Å². The smallest absolute Gasteiger partial charge is 0.199 e. The van der Waals surface area contributed by atoms with Crippen LogP contribution < -0.4 is 0 Å². The lowest BCUT2D eigenvalue weighted by atomic mass is 9.80. The number of hydrogen-bond donors (Lipinski definition) is 0. The molecule has 2 aliphatic carbocycles. The lowest BCUT2D eigenvalue weighted by molar-refractivity contribution is -0.475. The predicted molar refractivity (Wildman–Crippen MR) is 162 cm³/mol. The first-order valence-corrected chi connectivity index (χ1v) is 17.4. The Morgan fingerprint density at radius 1 is 0.235 bits per heavy atom. The zero-order valence-electron chi connectivity index (χ0n) is 32.3. The fraction of sp³-hybridized carbons (Fsp3) is 0.765. The lowest BCUT2D eigenvalue weighted by Gasteiger charge is -2.45. The second kappa shape index (κ2) is 17.7. The van der Waals surface area contributed by atoms with Gasteiger partial charge in [0.2, 0.25) is 0 Å². The number of rotatable bonds is 18. The summed E-state index contributed by atoms with van der Waals surface area (Å²) in [6, 6.07) is 0. The van der Waals surface area contributed by atoms with Gasteiger partial charge in [0, 0.05) is 11.8 Å². The van der Waals surface area contributed by atoms with E-state index in [0.717, 1.165) is 12.2 Å². The van der Waals surface area contributed by atoms with Crippen molar-refractivity contribution in [2.24, 2.45) is 35.5 Å². The van der Waals surface area contributed by atoms with Crippen molar-refractivity contribution in [3.05, 3.63) is 50.6 Å². The number of hydrogen-bond acceptors (Lipinski definition) is 0. The molecule has 2 rings (SSSR count). The SMILES string of the molecule is C=CC1CC(C=C)C(C(F)(F)C(F)(F)C(F)(F)C(F)(F)C(F)(F)C(F)(F)C(F)(F)C(F)(F)C(F)(F)C(F)(F)F)C1.C=CC1CC(C=C)C(C(F)(F)C(F)(F)C(F)(F)C(F)(F)C(F)(F)C(F)(F)F)C1. The van der Waals surface area contributed by atoms with Gasteiger partial charge in [0.25, 0.3) is 0 Å². The summed E-state index contributed by atoms with van der Waals surface area (Å²) >= 11 is 0. The van der Waals surface area contributed by atoms with Crippen molar-refractivity contribution >= 4 is 0 Å². The van der Waals surface area contributed by atoms with Gasteiger partial charge in [0.1, 0.15) is 0 Å². The van der Waals surface area contributed by atoms with Crippen LogP contribution in [0.2, 0.25) is 0 Å². The molecule has 34 heteroatoms. The minimum absolute atomic E-state index is 0.357. The van der Waals surface area contributed by atoms with Crippen molar-refractivity contribution in [3.8, 4) is 0 Å². The highest BCUT2D eigenvalue weighted by atomic mass is 19.4. The highest BCUT2D eigenvalue weighted by Gasteiger charge is 2.98. The standard InChI is InChI=1S/C19H13F21.C15H13F13/c1-3-7-5-8(4-2)9(6-7)10(20,21)11(22,23)12(24,25)13(26,27)14(28,29)15(30,31)16(32,33)17(34,35)18(36,37)19(38,39)40;1-3-7-5-8(4-2)9(6-7)10(16,17)11(18,19)12(20,21)13(22,23)14(24,25)15(26,27)28/h3-4,7-9H,1-2,5-6H2;3-4,7-9H,1-2,5-6H2. The fourth-order valence-corrected chi connectivity index (χ4v) is 6.78. The Balaban J connectivity index is 0.000000724. The molecule has 0 heterocycles. The summed E-state index contributed by atoms with van der Waals surface area (Å²) in [5, 5.41) is 0. The molecule has 0 aromatic heterocycles. The largest absolute Gasteiger partial charge is 0.460 e. The van der Waals surface area contributed by atoms with Crippen LogP contribution in [0, 0.1) is 35.5 Å². The van der Waals surface area contributed by atoms with E-state index in [-0.39, 0.29) is 6.42 Å². The number of alkyl halides is 34. The van der Waals surface area contributed by atoms with E-state index in [0.29, 0.717) is 12.2 Å². The van der Waals surface area contributed by atoms with E-state index in [1.165, 1.54) is 0 Å². The van der Waals surface area contributed by atoms with Gasteiger partial charge >= 0.3 is 95.3 Å². The first kappa shape index (κ1) is 62.6. The monoisotopic (exact) mass is 1080 g/mol. The maximum absolute atomic E-state index is 14.5. The Morgan fingerprint density at radius 2 is 0.412 bits per heavy atom. The van der Waals surface area contributed by atoms with Crippen LogP contribution in [0.5, 0.6) is 0 Å². The van der Waals surface area contributed by atoms with Gasteiger partial charge in [-0.25, -0.2) is 0 Å². The van der Waals surface area contributed by atoms with E-state index in [1.807, 2.05) is 0 Å². The normalized spacial score (nSPS) is 24.3. The molecular weight excluding hydrogens is 1050 g/mol. The topological polar surface area (TPSA) is 0 Å². The summed E-state index contributed by atoms with van der Waals surface area (Å²) in [5.41, 5.74) is 0. The summed E-state index contributed by atoms with van der Waals surface area (Å²) in [6.45, 7) is 12.1. The van der Waals surface area contributed by atoms with E-state index in [2.05, 4.69) is 26.3 Å². The van der Waals surface area contributed by atoms with Crippen LogP contribution in [0.3, 0.4) is 0 Å². The summed E-state index contributed by atoms with van der Waals surface area (Å²) in [4.78, 5) is 0. The Bertz CT molecular complexity index is 1810. The van der Waals surface area contributed by atoms with E-state index < -0.39 is 150 Å². The van der Waals surface area contributed by atoms with E-state index >= 15 is 0 Å². The van der Waals surface area contributed by atoms with Gasteiger partial charge in [-0.2, -0.15) is 149 Å². The van der Waals surface area contributed by atoms with Crippen LogP contribution in [-0.2, 0) is 0 Å². The highest BCUT2D eigenvalue weighted by Crippen LogP contribution is 2.68. The molecule has 0 radical (unpaired) electrons. The van der Waals surface area contributed by atoms with E-state index in [9.17, 15) is 149 Å². The molecule has 0 amide bonds. The minimum Gasteiger partial charge on any atom is -0.199 e. The molecule has 0 nitrogen and oxygen atoms in total. The van der Waals surface area contributed by atoms with Crippen molar-refractivity contribution in [2.75, 3.05) is 0 Å². The zero-order valence-corrected chi connectivity index (χ0v) is 32.3. The molecule has 0 N–H and O–H groups in total. The summed E-state index contributed by atoms with van der Waals surface area (Å²) < 4.78 is 455. The van der Waals surface area contributed by atoms with Gasteiger partial charge < -0.3 is 0 Å². The average Bonchev–Trinajstić information content (AvgIpc) is 3.81. The van der Waals surface area contributed by atoms with Gasteiger partial charge in [0.05, 0.1) is 0 Å². The Labute approximate surface area is 357 Å². The molecule has 2 fully saturated rings. The van der Waals surface area contributed by atoms with Crippen molar-refractivity contribution in [1.29, 1.82) is 0 Å². The molecule has 6 unspecified atom stereocenters. The highest BCUT2D eigenvalue weighted by molar-refractivity contribution is 5.20. The molecule has 0 bridgehead atoms. The van der Waals surface area contributed by atoms with Crippen LogP contribution in [0.15, 0.2) is 50.6 Å². The van der Waals surface area contributed by atoms with Crippen LogP contribution >= 0.6 is 0 Å². The van der Waals surface area contributed by atoms with Gasteiger partial charge in [-0.3, -0.25) is 0 Å². The fourth-order valence-electron chi connectivity index (χ4n) is 6.78. The van der Waals surface area contributed by atoms with E-state index in [4.69, 9.17) is 0 Å². The van der Waals surface area contributed by atoms with Crippen LogP contribution in [0.1, 0.15) is 25.7 Å². The maximum Gasteiger partial charge on any atom is 0.460 e. The predicted octanol–water partition coefficient (Wildman–Crippen LogP) is 16.0. The second-order valence-electron chi connectivity index (χ2n) is 15.1. The van der Waals surface area contributed by atoms with Crippen molar-refractivity contribution < 1.29 is 149 Å². The summed E-state index contributed by atoms with van der Waals surface area (Å²) in [5.74, 6) is -125. The molecule has 0 aliphatic heterocycles. The third-order valence-electron chi connectivity index (χ3n) is 11.0. The maximum atomic E-state index is 14.5. The first-order chi connectivity index (χ1) is 29.5. The molecule has 0 spiro atoms. The molecule has 400 valence electrons. The molecule has 0 aromatic rings. The Morgan fingerprint density at radius 3 is 0.574 bits per heavy atom. The summed E-state index contributed by atoms with van der Waals surface area (Å²) in [7, 11) is 0. The third-order valence-corrected chi connectivity index (χ3v) is 11.0. The van der Waals surface area contributed by atoms with Crippen molar-refractivity contribution in [3.63, 3.8) is 0 Å². The average molecular weight is 1080 g/mol. The molecule has 0 aromatic carbocycles. The molecule has 6 atom stereocenters. The van der Waals surface area contributed by atoms with Crippen LogP contribution in [0.4, 0.5) is 149 Å². The van der Waals surface area contributed by atoms with Crippen molar-refractivity contribution in [2.45, 2.75) is 121 Å².